The van der Waals surface area contributed by atoms with Gasteiger partial charge in [0, 0.05) is 12.6 Å². The molecule has 1 aromatic heterocycles. The topological polar surface area (TPSA) is 63.8 Å². The van der Waals surface area contributed by atoms with Gasteiger partial charge in [-0.25, -0.2) is 9.38 Å². The van der Waals surface area contributed by atoms with Gasteiger partial charge in [-0.05, 0) is 18.2 Å². The lowest BCUT2D eigenvalue weighted by molar-refractivity contribution is -0.135. The second-order valence-electron chi connectivity index (χ2n) is 4.35. The van der Waals surface area contributed by atoms with Gasteiger partial charge >= 0.3 is 5.97 Å². The molecule has 21 heavy (non-hydrogen) atoms. The molecular formula is C13H12BrFN2O3S. The first-order valence-corrected chi connectivity index (χ1v) is 6.71. The van der Waals surface area contributed by atoms with E-state index in [1.54, 1.807) is 17.7 Å². The second kappa shape index (κ2) is 5.98. The molecule has 8 heteroatoms. The summed E-state index contributed by atoms with van der Waals surface area (Å²) in [6, 6.07) is 4.37. The highest BCUT2D eigenvalue weighted by Crippen LogP contribution is 2.38. The second-order valence-corrected chi connectivity index (χ2v) is 5.42. The van der Waals surface area contributed by atoms with Gasteiger partial charge in [0.2, 0.25) is 0 Å². The zero-order valence-electron chi connectivity index (χ0n) is 11.0. The van der Waals surface area contributed by atoms with Crippen molar-refractivity contribution in [2.45, 2.75) is 6.61 Å². The highest BCUT2D eigenvalue weighted by atomic mass is 79.9. The average molecular weight is 375 g/mol. The number of rotatable bonds is 2. The number of thiazole rings is 1. The summed E-state index contributed by atoms with van der Waals surface area (Å²) in [5.74, 6) is -0.702. The maximum Gasteiger partial charge on any atom is 0.325 e. The quantitative estimate of drug-likeness (QED) is 0.877. The number of benzene rings is 1. The summed E-state index contributed by atoms with van der Waals surface area (Å²) in [6.07, 6.45) is 0. The molecule has 5 nitrogen and oxygen atoms in total. The number of aliphatic carboxylic acids is 1. The molecule has 0 bridgehead atoms. The fraction of sp³-hybridized carbons (Fsp3) is 0.231. The maximum atomic E-state index is 13.4. The molecule has 1 aliphatic rings. The Balaban J connectivity index is 0.00000161. The molecule has 0 saturated carbocycles. The number of carboxylic acid groups (broad SMARTS) is 1. The number of carboxylic acids is 1. The number of hydrogen-bond donors (Lipinski definition) is 1. The first-order valence-electron chi connectivity index (χ1n) is 5.90. The largest absolute Gasteiger partial charge is 0.487 e. The van der Waals surface area contributed by atoms with Crippen molar-refractivity contribution < 1.29 is 19.0 Å². The summed E-state index contributed by atoms with van der Waals surface area (Å²) in [5.41, 5.74) is 1.50. The van der Waals surface area contributed by atoms with Gasteiger partial charge in [-0.1, -0.05) is 11.3 Å². The standard InChI is InChI=1S/C13H11FN2O3S.BrH/c1-16-12-8-4-7(14)2-3-9(8)19-6-10(12)20-13(16)15-5-11(17)18;/h2-4H,5-6H2,1H3,(H,17,18);1H/b15-13-;. The molecule has 0 atom stereocenters. The molecule has 0 aliphatic carbocycles. The summed E-state index contributed by atoms with van der Waals surface area (Å²) in [5, 5.41) is 8.69. The number of fused-ring (bicyclic) bond motifs is 3. The van der Waals surface area contributed by atoms with Crippen LogP contribution in [0.2, 0.25) is 0 Å². The van der Waals surface area contributed by atoms with Crippen LogP contribution in [0, 0.1) is 5.82 Å². The first-order chi connectivity index (χ1) is 9.56. The third-order valence-electron chi connectivity index (χ3n) is 3.01. The zero-order chi connectivity index (χ0) is 14.3. The molecule has 0 amide bonds. The van der Waals surface area contributed by atoms with Crippen molar-refractivity contribution in [1.29, 1.82) is 0 Å². The number of aromatic nitrogens is 1. The minimum atomic E-state index is -0.987. The van der Waals surface area contributed by atoms with Gasteiger partial charge in [-0.3, -0.25) is 4.79 Å². The molecule has 0 fully saturated rings. The van der Waals surface area contributed by atoms with Crippen LogP contribution in [-0.2, 0) is 18.4 Å². The van der Waals surface area contributed by atoms with Crippen molar-refractivity contribution in [1.82, 2.24) is 4.57 Å². The molecule has 1 aliphatic heterocycles. The summed E-state index contributed by atoms with van der Waals surface area (Å²) in [6.45, 7) is 0.0964. The molecule has 0 spiro atoms. The molecular weight excluding hydrogens is 363 g/mol. The Bertz CT molecular complexity index is 769. The van der Waals surface area contributed by atoms with Crippen molar-refractivity contribution >= 4 is 34.3 Å². The predicted octanol–water partition coefficient (Wildman–Crippen LogP) is 2.35. The van der Waals surface area contributed by atoms with Gasteiger partial charge in [0.25, 0.3) is 0 Å². The highest BCUT2D eigenvalue weighted by molar-refractivity contribution is 8.93. The molecule has 0 saturated heterocycles. The van der Waals surface area contributed by atoms with Crippen molar-refractivity contribution in [3.63, 3.8) is 0 Å². The zero-order valence-corrected chi connectivity index (χ0v) is 13.5. The van der Waals surface area contributed by atoms with E-state index in [9.17, 15) is 9.18 Å². The highest BCUT2D eigenvalue weighted by Gasteiger charge is 2.22. The predicted molar refractivity (Wildman–Crippen MR) is 81.4 cm³/mol. The van der Waals surface area contributed by atoms with E-state index in [0.717, 1.165) is 10.6 Å². The lowest BCUT2D eigenvalue weighted by Gasteiger charge is -2.18. The Kier molecular flexibility index (Phi) is 4.48. The summed E-state index contributed by atoms with van der Waals surface area (Å²) < 4.78 is 20.8. The van der Waals surface area contributed by atoms with Gasteiger partial charge in [0.05, 0.1) is 10.6 Å². The van der Waals surface area contributed by atoms with Crippen molar-refractivity contribution in [3.05, 3.63) is 33.7 Å². The van der Waals surface area contributed by atoms with E-state index < -0.39 is 5.97 Å². The smallest absolute Gasteiger partial charge is 0.325 e. The van der Waals surface area contributed by atoms with E-state index in [1.807, 2.05) is 0 Å². The van der Waals surface area contributed by atoms with E-state index in [-0.39, 0.29) is 29.3 Å². The fourth-order valence-electron chi connectivity index (χ4n) is 2.17. The lowest BCUT2D eigenvalue weighted by atomic mass is 10.1. The molecule has 1 N–H and O–H groups in total. The number of hydrogen-bond acceptors (Lipinski definition) is 4. The summed E-state index contributed by atoms with van der Waals surface area (Å²) in [7, 11) is 1.79. The van der Waals surface area contributed by atoms with Crippen molar-refractivity contribution in [2.75, 3.05) is 6.54 Å². The monoisotopic (exact) mass is 374 g/mol. The van der Waals surface area contributed by atoms with E-state index in [2.05, 4.69) is 4.99 Å². The molecule has 0 radical (unpaired) electrons. The van der Waals surface area contributed by atoms with E-state index in [4.69, 9.17) is 9.84 Å². The molecule has 112 valence electrons. The lowest BCUT2D eigenvalue weighted by Crippen LogP contribution is -2.15. The Morgan fingerprint density at radius 3 is 3.05 bits per heavy atom. The Morgan fingerprint density at radius 2 is 2.33 bits per heavy atom. The Morgan fingerprint density at radius 1 is 1.57 bits per heavy atom. The van der Waals surface area contributed by atoms with Crippen LogP contribution in [0.4, 0.5) is 4.39 Å². The van der Waals surface area contributed by atoms with Gasteiger partial charge in [-0.15, -0.1) is 17.0 Å². The molecule has 1 aromatic carbocycles. The molecule has 0 unspecified atom stereocenters. The molecule has 2 aromatic rings. The van der Waals surface area contributed by atoms with Crippen LogP contribution in [0.3, 0.4) is 0 Å². The Labute approximate surface area is 134 Å². The van der Waals surface area contributed by atoms with Crippen molar-refractivity contribution in [3.8, 4) is 17.0 Å². The number of nitrogens with zero attached hydrogens (tertiary/aromatic N) is 2. The van der Waals surface area contributed by atoms with Crippen LogP contribution < -0.4 is 9.54 Å². The van der Waals surface area contributed by atoms with E-state index >= 15 is 0 Å². The van der Waals surface area contributed by atoms with Crippen LogP contribution in [0.25, 0.3) is 11.3 Å². The van der Waals surface area contributed by atoms with E-state index in [0.29, 0.717) is 22.7 Å². The summed E-state index contributed by atoms with van der Waals surface area (Å²) in [4.78, 5) is 16.1. The van der Waals surface area contributed by atoms with Gasteiger partial charge in [0.1, 0.15) is 24.7 Å². The van der Waals surface area contributed by atoms with Crippen LogP contribution in [0.5, 0.6) is 5.75 Å². The minimum Gasteiger partial charge on any atom is -0.487 e. The number of carbonyl (C=O) groups is 1. The van der Waals surface area contributed by atoms with Gasteiger partial charge < -0.3 is 14.4 Å². The first kappa shape index (κ1) is 15.7. The van der Waals surface area contributed by atoms with Crippen LogP contribution in [-0.4, -0.2) is 22.2 Å². The maximum absolute atomic E-state index is 13.4. The molecule has 3 rings (SSSR count). The Hall–Kier alpha value is -1.67. The SMILES string of the molecule is Br.Cn1c2c(s/c1=N\CC(=O)O)COc1ccc(F)cc1-2. The van der Waals surface area contributed by atoms with Gasteiger partial charge in [0.15, 0.2) is 4.80 Å². The van der Waals surface area contributed by atoms with Gasteiger partial charge in [-0.2, -0.15) is 0 Å². The fourth-order valence-corrected chi connectivity index (χ4v) is 3.21. The van der Waals surface area contributed by atoms with Crippen molar-refractivity contribution in [2.24, 2.45) is 12.0 Å². The number of ether oxygens (including phenoxy) is 1. The summed E-state index contributed by atoms with van der Waals surface area (Å²) >= 11 is 1.36. The molecule has 2 heterocycles. The van der Waals surface area contributed by atoms with Crippen LogP contribution >= 0.6 is 28.3 Å². The van der Waals surface area contributed by atoms with E-state index in [1.165, 1.54) is 23.5 Å². The number of halogens is 2. The normalized spacial score (nSPS) is 13.0. The van der Waals surface area contributed by atoms with Crippen LogP contribution in [0.1, 0.15) is 4.88 Å². The third-order valence-corrected chi connectivity index (χ3v) is 4.15. The van der Waals surface area contributed by atoms with Crippen LogP contribution in [0.15, 0.2) is 23.2 Å². The average Bonchev–Trinajstić information content (AvgIpc) is 2.73. The third kappa shape index (κ3) is 2.86. The minimum absolute atomic E-state index is 0.